The highest BCUT2D eigenvalue weighted by Gasteiger charge is 2.31. The predicted octanol–water partition coefficient (Wildman–Crippen LogP) is 2.83. The number of benzene rings is 1. The van der Waals surface area contributed by atoms with Crippen LogP contribution in [0.5, 0.6) is 5.75 Å². The van der Waals surface area contributed by atoms with E-state index in [0.717, 1.165) is 0 Å². The second-order valence-corrected chi connectivity index (χ2v) is 5.53. The second-order valence-electron chi connectivity index (χ2n) is 5.53. The van der Waals surface area contributed by atoms with Gasteiger partial charge in [-0.1, -0.05) is 26.0 Å². The summed E-state index contributed by atoms with van der Waals surface area (Å²) in [7, 11) is 0. The molecule has 1 amide bonds. The first-order valence-electron chi connectivity index (χ1n) is 7.34. The third kappa shape index (κ3) is 6.99. The Morgan fingerprint density at radius 3 is 2.25 bits per heavy atom. The van der Waals surface area contributed by atoms with Crippen LogP contribution in [0.25, 0.3) is 0 Å². The van der Waals surface area contributed by atoms with Gasteiger partial charge in [0.25, 0.3) is 0 Å². The number of alkyl halides is 3. The van der Waals surface area contributed by atoms with E-state index in [2.05, 4.69) is 10.1 Å². The van der Waals surface area contributed by atoms with E-state index in [-0.39, 0.29) is 24.2 Å². The molecule has 0 spiro atoms. The highest BCUT2D eigenvalue weighted by molar-refractivity contribution is 5.81. The average Bonchev–Trinajstić information content (AvgIpc) is 2.49. The maximum atomic E-state index is 12.1. The number of hydrogen-bond donors (Lipinski definition) is 1. The lowest BCUT2D eigenvalue weighted by Crippen LogP contribution is -2.45. The largest absolute Gasteiger partial charge is 0.573 e. The third-order valence-corrected chi connectivity index (χ3v) is 3.16. The number of nitrogens with one attached hydrogen (secondary N) is 1. The van der Waals surface area contributed by atoms with E-state index in [1.165, 1.54) is 24.3 Å². The molecule has 1 N–H and O–H groups in total. The summed E-state index contributed by atoms with van der Waals surface area (Å²) in [6.07, 6.45) is -4.74. The van der Waals surface area contributed by atoms with Gasteiger partial charge in [-0.05, 0) is 24.6 Å². The molecule has 0 radical (unpaired) electrons. The lowest BCUT2D eigenvalue weighted by molar-refractivity contribution is -0.274. The molecule has 0 aliphatic rings. The number of amides is 1. The van der Waals surface area contributed by atoms with Crippen molar-refractivity contribution >= 4 is 12.2 Å². The number of halogens is 3. The van der Waals surface area contributed by atoms with Gasteiger partial charge in [-0.3, -0.25) is 4.79 Å². The molecule has 24 heavy (non-hydrogen) atoms. The van der Waals surface area contributed by atoms with Gasteiger partial charge in [0.1, 0.15) is 18.1 Å². The fourth-order valence-corrected chi connectivity index (χ4v) is 1.71. The highest BCUT2D eigenvalue weighted by atomic mass is 19.4. The number of carbonyl (C=O) groups excluding carboxylic acids is 2. The molecule has 0 fully saturated rings. The molecule has 0 aliphatic carbocycles. The Labute approximate surface area is 138 Å². The molecule has 2 unspecified atom stereocenters. The monoisotopic (exact) mass is 347 g/mol. The molecule has 5 nitrogen and oxygen atoms in total. The highest BCUT2D eigenvalue weighted by Crippen LogP contribution is 2.23. The summed E-state index contributed by atoms with van der Waals surface area (Å²) in [5.41, 5.74) is 0.608. The van der Waals surface area contributed by atoms with Crippen LogP contribution in [-0.2, 0) is 20.9 Å². The lowest BCUT2D eigenvalue weighted by atomic mass is 10.1. The van der Waals surface area contributed by atoms with Gasteiger partial charge < -0.3 is 19.6 Å². The van der Waals surface area contributed by atoms with Crippen molar-refractivity contribution in [2.24, 2.45) is 5.92 Å². The molecule has 2 atom stereocenters. The van der Waals surface area contributed by atoms with Crippen LogP contribution in [0, 0.1) is 5.92 Å². The molecule has 1 aromatic rings. The molecule has 0 bridgehead atoms. The Hall–Kier alpha value is -2.09. The zero-order valence-electron chi connectivity index (χ0n) is 13.6. The van der Waals surface area contributed by atoms with Crippen molar-refractivity contribution in [2.75, 3.05) is 0 Å². The van der Waals surface area contributed by atoms with Crippen LogP contribution >= 0.6 is 0 Å². The number of aldehydes is 1. The molecule has 134 valence electrons. The normalized spacial score (nSPS) is 14.1. The van der Waals surface area contributed by atoms with Crippen molar-refractivity contribution in [1.82, 2.24) is 5.32 Å². The summed E-state index contributed by atoms with van der Waals surface area (Å²) in [6, 6.07) is 4.41. The average molecular weight is 347 g/mol. The molecule has 0 aromatic heterocycles. The van der Waals surface area contributed by atoms with Gasteiger partial charge in [-0.25, -0.2) is 0 Å². The zero-order valence-corrected chi connectivity index (χ0v) is 13.6. The van der Waals surface area contributed by atoms with Crippen LogP contribution in [0.1, 0.15) is 26.3 Å². The van der Waals surface area contributed by atoms with Crippen molar-refractivity contribution in [2.45, 2.75) is 45.9 Å². The summed E-state index contributed by atoms with van der Waals surface area (Å²) in [5, 5.41) is 2.56. The van der Waals surface area contributed by atoms with Crippen LogP contribution in [0.4, 0.5) is 13.2 Å². The van der Waals surface area contributed by atoms with E-state index in [0.29, 0.717) is 11.8 Å². The maximum Gasteiger partial charge on any atom is 0.573 e. The quantitative estimate of drug-likeness (QED) is 0.735. The second kappa shape index (κ2) is 8.68. The minimum absolute atomic E-state index is 0.0787. The number of rotatable bonds is 8. The Morgan fingerprint density at radius 1 is 1.21 bits per heavy atom. The molecular formula is C16H20F3NO4. The summed E-state index contributed by atoms with van der Waals surface area (Å²) >= 11 is 0. The summed E-state index contributed by atoms with van der Waals surface area (Å²) in [5.74, 6) is -0.855. The number of ether oxygens (including phenoxy) is 2. The Bertz CT molecular complexity index is 543. The molecule has 0 saturated carbocycles. The topological polar surface area (TPSA) is 64.6 Å². The van der Waals surface area contributed by atoms with E-state index in [1.807, 2.05) is 0 Å². The first-order chi connectivity index (χ1) is 11.1. The van der Waals surface area contributed by atoms with Crippen molar-refractivity contribution in [3.63, 3.8) is 0 Å². The molecule has 0 heterocycles. The molecule has 8 heteroatoms. The van der Waals surface area contributed by atoms with Crippen molar-refractivity contribution in [1.29, 1.82) is 0 Å². The first kappa shape index (κ1) is 20.0. The van der Waals surface area contributed by atoms with E-state index in [4.69, 9.17) is 4.74 Å². The molecule has 0 aliphatic heterocycles. The first-order valence-corrected chi connectivity index (χ1v) is 7.34. The Morgan fingerprint density at radius 2 is 1.79 bits per heavy atom. The van der Waals surface area contributed by atoms with Gasteiger partial charge in [0.15, 0.2) is 0 Å². The summed E-state index contributed by atoms with van der Waals surface area (Å²) in [6.45, 7) is 5.11. The Kier molecular flexibility index (Phi) is 7.21. The SMILES string of the molecule is CC(C)C(=O)NC(C=O)C(C)OCc1ccc(OC(F)(F)F)cc1. The van der Waals surface area contributed by atoms with E-state index < -0.39 is 18.5 Å². The fraction of sp³-hybridized carbons (Fsp3) is 0.500. The van der Waals surface area contributed by atoms with Gasteiger partial charge in [0, 0.05) is 5.92 Å². The minimum atomic E-state index is -4.74. The standard InChI is InChI=1S/C16H20F3NO4/c1-10(2)15(22)20-14(8-21)11(3)23-9-12-4-6-13(7-5-12)24-16(17,18)19/h4-8,10-11,14H,9H2,1-3H3,(H,20,22). The van der Waals surface area contributed by atoms with Crippen LogP contribution in [0.3, 0.4) is 0 Å². The van der Waals surface area contributed by atoms with Gasteiger partial charge in [-0.2, -0.15) is 0 Å². The number of hydrogen-bond acceptors (Lipinski definition) is 4. The minimum Gasteiger partial charge on any atom is -0.406 e. The molecular weight excluding hydrogens is 327 g/mol. The van der Waals surface area contributed by atoms with Gasteiger partial charge >= 0.3 is 6.36 Å². The van der Waals surface area contributed by atoms with Crippen molar-refractivity contribution in [3.8, 4) is 5.75 Å². The van der Waals surface area contributed by atoms with Gasteiger partial charge in [0.2, 0.25) is 5.91 Å². The lowest BCUT2D eigenvalue weighted by Gasteiger charge is -2.21. The molecule has 0 saturated heterocycles. The van der Waals surface area contributed by atoms with Crippen LogP contribution in [-0.4, -0.2) is 30.7 Å². The van der Waals surface area contributed by atoms with E-state index in [9.17, 15) is 22.8 Å². The van der Waals surface area contributed by atoms with Crippen LogP contribution < -0.4 is 10.1 Å². The van der Waals surface area contributed by atoms with E-state index >= 15 is 0 Å². The Balaban J connectivity index is 2.55. The van der Waals surface area contributed by atoms with Crippen molar-refractivity contribution in [3.05, 3.63) is 29.8 Å². The molecule has 1 aromatic carbocycles. The van der Waals surface area contributed by atoms with Crippen LogP contribution in [0.15, 0.2) is 24.3 Å². The van der Waals surface area contributed by atoms with E-state index in [1.54, 1.807) is 20.8 Å². The fourth-order valence-electron chi connectivity index (χ4n) is 1.71. The zero-order chi connectivity index (χ0) is 18.3. The van der Waals surface area contributed by atoms with Crippen molar-refractivity contribution < 1.29 is 32.2 Å². The maximum absolute atomic E-state index is 12.1. The van der Waals surface area contributed by atoms with Gasteiger partial charge in [0.05, 0.1) is 12.7 Å². The summed E-state index contributed by atoms with van der Waals surface area (Å²) < 4.78 is 45.5. The summed E-state index contributed by atoms with van der Waals surface area (Å²) in [4.78, 5) is 22.7. The third-order valence-electron chi connectivity index (χ3n) is 3.16. The smallest absolute Gasteiger partial charge is 0.406 e. The van der Waals surface area contributed by atoms with Gasteiger partial charge in [-0.15, -0.1) is 13.2 Å². The predicted molar refractivity (Wildman–Crippen MR) is 80.2 cm³/mol. The number of carbonyl (C=O) groups is 2. The molecule has 1 rings (SSSR count). The van der Waals surface area contributed by atoms with Crippen LogP contribution in [0.2, 0.25) is 0 Å².